The smallest absolute Gasteiger partial charge is 0.332 e. The van der Waals surface area contributed by atoms with Gasteiger partial charge in [0.25, 0.3) is 0 Å². The average molecular weight is 265 g/mol. The van der Waals surface area contributed by atoms with Crippen molar-refractivity contribution in [2.45, 2.75) is 13.8 Å². The lowest BCUT2D eigenvalue weighted by molar-refractivity contribution is -0.137. The highest BCUT2D eigenvalue weighted by atomic mass is 16.5. The summed E-state index contributed by atoms with van der Waals surface area (Å²) in [6, 6.07) is 5.42. The molecule has 19 heavy (non-hydrogen) atoms. The highest BCUT2D eigenvalue weighted by Gasteiger charge is 2.05. The standard InChI is InChI=1S/C14H19NO4/c1-5-19-14(16)8-10(2)15-11-6-7-12(17-3)13(9-11)18-4/h6-9,15H,5H2,1-4H3/b10-8-. The van der Waals surface area contributed by atoms with Gasteiger partial charge in [0.05, 0.1) is 20.8 Å². The van der Waals surface area contributed by atoms with Crippen molar-refractivity contribution in [3.63, 3.8) is 0 Å². The van der Waals surface area contributed by atoms with Crippen LogP contribution in [-0.4, -0.2) is 26.8 Å². The predicted octanol–water partition coefficient (Wildman–Crippen LogP) is 2.58. The van der Waals surface area contributed by atoms with Gasteiger partial charge in [0, 0.05) is 23.5 Å². The molecule has 0 fully saturated rings. The van der Waals surface area contributed by atoms with Crippen LogP contribution in [0.5, 0.6) is 11.5 Å². The molecule has 104 valence electrons. The summed E-state index contributed by atoms with van der Waals surface area (Å²) in [5, 5.41) is 3.08. The van der Waals surface area contributed by atoms with Gasteiger partial charge in [-0.05, 0) is 26.0 Å². The zero-order valence-electron chi connectivity index (χ0n) is 11.6. The number of anilines is 1. The van der Waals surface area contributed by atoms with Crippen molar-refractivity contribution in [3.8, 4) is 11.5 Å². The maximum absolute atomic E-state index is 11.3. The summed E-state index contributed by atoms with van der Waals surface area (Å²) < 4.78 is 15.2. The van der Waals surface area contributed by atoms with Gasteiger partial charge in [-0.25, -0.2) is 4.79 Å². The van der Waals surface area contributed by atoms with Gasteiger partial charge in [0.1, 0.15) is 0 Å². The Bertz CT molecular complexity index is 469. The monoisotopic (exact) mass is 265 g/mol. The molecule has 0 saturated heterocycles. The Hall–Kier alpha value is -2.17. The topological polar surface area (TPSA) is 56.8 Å². The van der Waals surface area contributed by atoms with Gasteiger partial charge in [-0.1, -0.05) is 0 Å². The fraction of sp³-hybridized carbons (Fsp3) is 0.357. The zero-order chi connectivity index (χ0) is 14.3. The van der Waals surface area contributed by atoms with Crippen LogP contribution in [0.4, 0.5) is 5.69 Å². The molecule has 0 aromatic heterocycles. The average Bonchev–Trinajstić information content (AvgIpc) is 2.38. The molecular formula is C14H19NO4. The van der Waals surface area contributed by atoms with Crippen LogP contribution < -0.4 is 14.8 Å². The molecule has 0 atom stereocenters. The summed E-state index contributed by atoms with van der Waals surface area (Å²) >= 11 is 0. The lowest BCUT2D eigenvalue weighted by Crippen LogP contribution is -2.04. The summed E-state index contributed by atoms with van der Waals surface area (Å²) in [5.41, 5.74) is 1.49. The summed E-state index contributed by atoms with van der Waals surface area (Å²) in [5.74, 6) is 0.907. The predicted molar refractivity (Wildman–Crippen MR) is 73.6 cm³/mol. The third-order valence-corrected chi connectivity index (χ3v) is 2.35. The van der Waals surface area contributed by atoms with Gasteiger partial charge in [-0.3, -0.25) is 0 Å². The molecule has 0 aliphatic carbocycles. The molecule has 5 heteroatoms. The van der Waals surface area contributed by atoms with Crippen LogP contribution in [0.25, 0.3) is 0 Å². The summed E-state index contributed by atoms with van der Waals surface area (Å²) in [6.07, 6.45) is 1.40. The molecule has 1 rings (SSSR count). The van der Waals surface area contributed by atoms with Crippen LogP contribution in [0, 0.1) is 0 Å². The first-order valence-electron chi connectivity index (χ1n) is 5.94. The maximum atomic E-state index is 11.3. The summed E-state index contributed by atoms with van der Waals surface area (Å²) in [4.78, 5) is 11.3. The van der Waals surface area contributed by atoms with E-state index in [1.807, 2.05) is 6.07 Å². The molecule has 0 heterocycles. The second-order valence-corrected chi connectivity index (χ2v) is 3.77. The van der Waals surface area contributed by atoms with Crippen molar-refractivity contribution >= 4 is 11.7 Å². The van der Waals surface area contributed by atoms with Gasteiger partial charge >= 0.3 is 5.97 Å². The van der Waals surface area contributed by atoms with Crippen molar-refractivity contribution < 1.29 is 19.0 Å². The minimum atomic E-state index is -0.368. The fourth-order valence-corrected chi connectivity index (χ4v) is 1.54. The first-order chi connectivity index (χ1) is 9.10. The molecule has 0 aliphatic rings. The minimum absolute atomic E-state index is 0.360. The number of methoxy groups -OCH3 is 2. The van der Waals surface area contributed by atoms with Crippen molar-refractivity contribution in [1.29, 1.82) is 0 Å². The highest BCUT2D eigenvalue weighted by molar-refractivity contribution is 5.83. The zero-order valence-corrected chi connectivity index (χ0v) is 11.6. The number of carbonyl (C=O) groups excluding carboxylic acids is 1. The molecule has 0 radical (unpaired) electrons. The number of benzene rings is 1. The third kappa shape index (κ3) is 4.54. The lowest BCUT2D eigenvalue weighted by atomic mass is 10.2. The number of ether oxygens (including phenoxy) is 3. The summed E-state index contributed by atoms with van der Waals surface area (Å²) in [7, 11) is 3.15. The Morgan fingerprint density at radius 3 is 2.53 bits per heavy atom. The highest BCUT2D eigenvalue weighted by Crippen LogP contribution is 2.30. The van der Waals surface area contributed by atoms with Crippen LogP contribution in [-0.2, 0) is 9.53 Å². The van der Waals surface area contributed by atoms with Crippen LogP contribution in [0.2, 0.25) is 0 Å². The molecule has 0 aliphatic heterocycles. The number of carbonyl (C=O) groups is 1. The normalized spacial score (nSPS) is 10.8. The second kappa shape index (κ2) is 7.31. The van der Waals surface area contributed by atoms with Crippen molar-refractivity contribution in [2.24, 2.45) is 0 Å². The maximum Gasteiger partial charge on any atom is 0.332 e. The summed E-state index contributed by atoms with van der Waals surface area (Å²) in [6.45, 7) is 3.91. The Kier molecular flexibility index (Phi) is 5.73. The van der Waals surface area contributed by atoms with Gasteiger partial charge in [0.2, 0.25) is 0 Å². The molecule has 1 aromatic carbocycles. The Balaban J connectivity index is 2.79. The van der Waals surface area contributed by atoms with E-state index in [2.05, 4.69) is 5.32 Å². The van der Waals surface area contributed by atoms with Gasteiger partial charge < -0.3 is 19.5 Å². The molecule has 0 saturated carbocycles. The molecule has 0 spiro atoms. The lowest BCUT2D eigenvalue weighted by Gasteiger charge is -2.11. The quantitative estimate of drug-likeness (QED) is 0.633. The molecule has 5 nitrogen and oxygen atoms in total. The van der Waals surface area contributed by atoms with E-state index < -0.39 is 0 Å². The first-order valence-corrected chi connectivity index (χ1v) is 5.94. The number of hydrogen-bond donors (Lipinski definition) is 1. The van der Waals surface area contributed by atoms with Crippen LogP contribution >= 0.6 is 0 Å². The second-order valence-electron chi connectivity index (χ2n) is 3.77. The SMILES string of the molecule is CCOC(=O)/C=C(/C)Nc1ccc(OC)c(OC)c1. The van der Waals surface area contributed by atoms with Gasteiger partial charge in [-0.2, -0.15) is 0 Å². The van der Waals surface area contributed by atoms with Crippen molar-refractivity contribution in [1.82, 2.24) is 0 Å². The molecule has 1 N–H and O–H groups in total. The largest absolute Gasteiger partial charge is 0.493 e. The van der Waals surface area contributed by atoms with Gasteiger partial charge in [0.15, 0.2) is 11.5 Å². The first kappa shape index (κ1) is 14.9. The number of hydrogen-bond acceptors (Lipinski definition) is 5. The van der Waals surface area contributed by atoms with Crippen LogP contribution in [0.3, 0.4) is 0 Å². The van der Waals surface area contributed by atoms with E-state index in [4.69, 9.17) is 14.2 Å². The van der Waals surface area contributed by atoms with E-state index in [0.29, 0.717) is 23.8 Å². The molecule has 0 bridgehead atoms. The number of esters is 1. The van der Waals surface area contributed by atoms with E-state index in [-0.39, 0.29) is 5.97 Å². The number of allylic oxidation sites excluding steroid dienone is 1. The third-order valence-electron chi connectivity index (χ3n) is 2.35. The van der Waals surface area contributed by atoms with E-state index >= 15 is 0 Å². The Morgan fingerprint density at radius 2 is 1.95 bits per heavy atom. The van der Waals surface area contributed by atoms with Gasteiger partial charge in [-0.15, -0.1) is 0 Å². The number of rotatable bonds is 6. The van der Waals surface area contributed by atoms with E-state index in [1.54, 1.807) is 40.2 Å². The van der Waals surface area contributed by atoms with Crippen molar-refractivity contribution in [2.75, 3.05) is 26.1 Å². The molecule has 1 aromatic rings. The fourth-order valence-electron chi connectivity index (χ4n) is 1.54. The van der Waals surface area contributed by atoms with Crippen molar-refractivity contribution in [3.05, 3.63) is 30.0 Å². The van der Waals surface area contributed by atoms with E-state index in [0.717, 1.165) is 5.69 Å². The van der Waals surface area contributed by atoms with E-state index in [1.165, 1.54) is 6.08 Å². The molecule has 0 amide bonds. The minimum Gasteiger partial charge on any atom is -0.493 e. The van der Waals surface area contributed by atoms with Crippen LogP contribution in [0.1, 0.15) is 13.8 Å². The van der Waals surface area contributed by atoms with Crippen LogP contribution in [0.15, 0.2) is 30.0 Å². The number of nitrogens with one attached hydrogen (secondary N) is 1. The Labute approximate surface area is 113 Å². The Morgan fingerprint density at radius 1 is 1.26 bits per heavy atom. The molecule has 0 unspecified atom stereocenters. The molecular weight excluding hydrogens is 246 g/mol. The van der Waals surface area contributed by atoms with E-state index in [9.17, 15) is 4.79 Å².